The summed E-state index contributed by atoms with van der Waals surface area (Å²) in [7, 11) is 0. The molecule has 2 rings (SSSR count). The maximum absolute atomic E-state index is 11.9. The Morgan fingerprint density at radius 3 is 2.50 bits per heavy atom. The summed E-state index contributed by atoms with van der Waals surface area (Å²) in [5.74, 6) is 0.00464. The van der Waals surface area contributed by atoms with E-state index >= 15 is 0 Å². The number of carbonyl (C=O) groups is 2. The van der Waals surface area contributed by atoms with E-state index in [1.165, 1.54) is 5.56 Å². The Balaban J connectivity index is 1.78. The summed E-state index contributed by atoms with van der Waals surface area (Å²) in [4.78, 5) is 23.6. The van der Waals surface area contributed by atoms with Gasteiger partial charge in [-0.15, -0.1) is 0 Å². The van der Waals surface area contributed by atoms with Gasteiger partial charge < -0.3 is 10.6 Å². The van der Waals surface area contributed by atoms with Gasteiger partial charge in [-0.1, -0.05) is 51.1 Å². The Morgan fingerprint density at radius 2 is 1.83 bits per heavy atom. The molecule has 0 aliphatic heterocycles. The lowest BCUT2D eigenvalue weighted by atomic mass is 9.96. The fourth-order valence-corrected chi connectivity index (χ4v) is 2.09. The Labute approximate surface area is 142 Å². The molecule has 0 aliphatic carbocycles. The van der Waals surface area contributed by atoms with Crippen LogP contribution in [0.1, 0.15) is 32.0 Å². The molecule has 0 spiro atoms. The lowest BCUT2D eigenvalue weighted by molar-refractivity contribution is -0.130. The van der Waals surface area contributed by atoms with Crippen LogP contribution in [0.15, 0.2) is 36.4 Å². The Bertz CT molecular complexity index is 687. The Morgan fingerprint density at radius 1 is 1.12 bits per heavy atom. The Kier molecular flexibility index (Phi) is 5.73. The molecule has 24 heavy (non-hydrogen) atoms. The molecular weight excluding hydrogens is 304 g/mol. The van der Waals surface area contributed by atoms with Crippen LogP contribution in [-0.2, 0) is 22.4 Å². The van der Waals surface area contributed by atoms with Gasteiger partial charge in [0.2, 0.25) is 11.8 Å². The van der Waals surface area contributed by atoms with E-state index in [0.717, 1.165) is 18.5 Å². The van der Waals surface area contributed by atoms with Crippen LogP contribution in [0.5, 0.6) is 0 Å². The number of nitrogens with zero attached hydrogens (tertiary/aromatic N) is 1. The first kappa shape index (κ1) is 17.7. The lowest BCUT2D eigenvalue weighted by Crippen LogP contribution is -2.39. The van der Waals surface area contributed by atoms with Crippen molar-refractivity contribution >= 4 is 17.6 Å². The number of carbonyl (C=O) groups excluding carboxylic acids is 2. The molecule has 1 heterocycles. The highest BCUT2D eigenvalue weighted by molar-refractivity contribution is 5.94. The van der Waals surface area contributed by atoms with Crippen molar-refractivity contribution in [2.75, 3.05) is 11.9 Å². The first-order valence-corrected chi connectivity index (χ1v) is 8.01. The van der Waals surface area contributed by atoms with E-state index in [1.54, 1.807) is 20.8 Å². The fraction of sp³-hybridized carbons (Fsp3) is 0.389. The number of aromatic amines is 1. The minimum Gasteiger partial charge on any atom is -0.347 e. The molecule has 2 amide bonds. The van der Waals surface area contributed by atoms with Crippen LogP contribution in [-0.4, -0.2) is 28.6 Å². The molecule has 0 radical (unpaired) electrons. The predicted molar refractivity (Wildman–Crippen MR) is 93.5 cm³/mol. The average molecular weight is 328 g/mol. The van der Waals surface area contributed by atoms with Crippen LogP contribution in [0.4, 0.5) is 5.82 Å². The molecule has 0 unspecified atom stereocenters. The third kappa shape index (κ3) is 5.53. The van der Waals surface area contributed by atoms with Crippen molar-refractivity contribution in [1.82, 2.24) is 15.5 Å². The lowest BCUT2D eigenvalue weighted by Gasteiger charge is -2.17. The number of hydrogen-bond donors (Lipinski definition) is 3. The molecular formula is C18H24N4O2. The van der Waals surface area contributed by atoms with Gasteiger partial charge in [-0.2, -0.15) is 5.10 Å². The van der Waals surface area contributed by atoms with Crippen LogP contribution < -0.4 is 10.6 Å². The highest BCUT2D eigenvalue weighted by Gasteiger charge is 2.21. The standard InChI is InChI=1S/C18H24N4O2/c1-18(2,3)17(24)19-12-16(23)20-15-11-14(21-22-15)10-9-13-7-5-4-6-8-13/h4-8,11H,9-10,12H2,1-3H3,(H,19,24)(H2,20,21,22,23). The van der Waals surface area contributed by atoms with Crippen molar-refractivity contribution in [2.45, 2.75) is 33.6 Å². The molecule has 1 aromatic heterocycles. The third-order valence-corrected chi connectivity index (χ3v) is 3.51. The highest BCUT2D eigenvalue weighted by atomic mass is 16.2. The summed E-state index contributed by atoms with van der Waals surface area (Å²) in [6.07, 6.45) is 1.71. The first-order valence-electron chi connectivity index (χ1n) is 8.01. The largest absolute Gasteiger partial charge is 0.347 e. The summed E-state index contributed by atoms with van der Waals surface area (Å²) in [6.45, 7) is 5.33. The predicted octanol–water partition coefficient (Wildman–Crippen LogP) is 2.30. The van der Waals surface area contributed by atoms with Gasteiger partial charge in [0, 0.05) is 17.2 Å². The van der Waals surface area contributed by atoms with Gasteiger partial charge in [0.15, 0.2) is 5.82 Å². The minimum absolute atomic E-state index is 0.0672. The summed E-state index contributed by atoms with van der Waals surface area (Å²) >= 11 is 0. The number of rotatable bonds is 6. The molecule has 128 valence electrons. The van der Waals surface area contributed by atoms with E-state index in [-0.39, 0.29) is 18.4 Å². The second-order valence-corrected chi connectivity index (χ2v) is 6.74. The molecule has 6 heteroatoms. The van der Waals surface area contributed by atoms with Crippen molar-refractivity contribution in [2.24, 2.45) is 5.41 Å². The van der Waals surface area contributed by atoms with Gasteiger partial charge in [-0.25, -0.2) is 0 Å². The second kappa shape index (κ2) is 7.77. The zero-order valence-corrected chi connectivity index (χ0v) is 14.3. The zero-order chi connectivity index (χ0) is 17.6. The Hall–Kier alpha value is -2.63. The summed E-state index contributed by atoms with van der Waals surface area (Å²) in [6, 6.07) is 12.0. The summed E-state index contributed by atoms with van der Waals surface area (Å²) < 4.78 is 0. The van der Waals surface area contributed by atoms with Gasteiger partial charge in [0.05, 0.1) is 6.54 Å². The highest BCUT2D eigenvalue weighted by Crippen LogP contribution is 2.12. The number of hydrogen-bond acceptors (Lipinski definition) is 3. The van der Waals surface area contributed by atoms with Crippen LogP contribution in [0.25, 0.3) is 0 Å². The van der Waals surface area contributed by atoms with E-state index in [9.17, 15) is 9.59 Å². The van der Waals surface area contributed by atoms with Crippen LogP contribution in [0.3, 0.4) is 0 Å². The smallest absolute Gasteiger partial charge is 0.244 e. The zero-order valence-electron chi connectivity index (χ0n) is 14.3. The van der Waals surface area contributed by atoms with E-state index < -0.39 is 5.41 Å². The van der Waals surface area contributed by atoms with E-state index in [1.807, 2.05) is 24.3 Å². The fourth-order valence-electron chi connectivity index (χ4n) is 2.09. The van der Waals surface area contributed by atoms with E-state index in [2.05, 4.69) is 33.0 Å². The molecule has 0 saturated carbocycles. The van der Waals surface area contributed by atoms with Gasteiger partial charge in [-0.3, -0.25) is 14.7 Å². The van der Waals surface area contributed by atoms with Crippen molar-refractivity contribution in [3.8, 4) is 0 Å². The quantitative estimate of drug-likeness (QED) is 0.760. The van der Waals surface area contributed by atoms with Crippen molar-refractivity contribution in [3.05, 3.63) is 47.7 Å². The molecule has 0 fully saturated rings. The normalized spacial score (nSPS) is 11.1. The number of anilines is 1. The summed E-state index contributed by atoms with van der Waals surface area (Å²) in [5.41, 5.74) is 1.69. The van der Waals surface area contributed by atoms with Gasteiger partial charge >= 0.3 is 0 Å². The van der Waals surface area contributed by atoms with Gasteiger partial charge in [0.1, 0.15) is 0 Å². The van der Waals surface area contributed by atoms with Crippen LogP contribution in [0.2, 0.25) is 0 Å². The number of aryl methyl sites for hydroxylation is 2. The minimum atomic E-state index is -0.517. The topological polar surface area (TPSA) is 86.9 Å². The molecule has 3 N–H and O–H groups in total. The number of benzene rings is 1. The molecule has 0 saturated heterocycles. The molecule has 0 bridgehead atoms. The molecule has 0 aliphatic rings. The molecule has 6 nitrogen and oxygen atoms in total. The number of nitrogens with one attached hydrogen (secondary N) is 3. The number of aromatic nitrogens is 2. The molecule has 2 aromatic rings. The van der Waals surface area contributed by atoms with E-state index in [0.29, 0.717) is 5.82 Å². The monoisotopic (exact) mass is 328 g/mol. The average Bonchev–Trinajstić information content (AvgIpc) is 2.98. The molecule has 1 aromatic carbocycles. The third-order valence-electron chi connectivity index (χ3n) is 3.51. The van der Waals surface area contributed by atoms with Crippen LogP contribution >= 0.6 is 0 Å². The van der Waals surface area contributed by atoms with Gasteiger partial charge in [-0.05, 0) is 18.4 Å². The molecule has 0 atom stereocenters. The van der Waals surface area contributed by atoms with E-state index in [4.69, 9.17) is 0 Å². The SMILES string of the molecule is CC(C)(C)C(=O)NCC(=O)Nc1cc(CCc2ccccc2)[nH]n1. The summed E-state index contributed by atoms with van der Waals surface area (Å²) in [5, 5.41) is 12.3. The maximum Gasteiger partial charge on any atom is 0.244 e. The number of amides is 2. The van der Waals surface area contributed by atoms with Gasteiger partial charge in [0.25, 0.3) is 0 Å². The number of H-pyrrole nitrogens is 1. The van der Waals surface area contributed by atoms with Crippen LogP contribution in [0, 0.1) is 5.41 Å². The van der Waals surface area contributed by atoms with Crippen molar-refractivity contribution in [1.29, 1.82) is 0 Å². The first-order chi connectivity index (χ1) is 11.3. The maximum atomic E-state index is 11.9. The van der Waals surface area contributed by atoms with Crippen molar-refractivity contribution in [3.63, 3.8) is 0 Å². The van der Waals surface area contributed by atoms with Crippen molar-refractivity contribution < 1.29 is 9.59 Å². The second-order valence-electron chi connectivity index (χ2n) is 6.74.